The van der Waals surface area contributed by atoms with Crippen LogP contribution in [0.5, 0.6) is 0 Å². The summed E-state index contributed by atoms with van der Waals surface area (Å²) in [4.78, 5) is 20.6. The molecule has 2 aliphatic rings. The van der Waals surface area contributed by atoms with Gasteiger partial charge in [-0.1, -0.05) is 0 Å². The van der Waals surface area contributed by atoms with Gasteiger partial charge in [-0.05, 0) is 13.0 Å². The van der Waals surface area contributed by atoms with Crippen LogP contribution in [0.2, 0.25) is 0 Å². The van der Waals surface area contributed by atoms with E-state index in [0.717, 1.165) is 23.7 Å². The molecule has 3 rings (SSSR count). The topological polar surface area (TPSA) is 107 Å². The minimum absolute atomic E-state index is 0.150. The number of carbonyl (C=O) groups is 1. The van der Waals surface area contributed by atoms with Crippen LogP contribution >= 0.6 is 11.8 Å². The minimum atomic E-state index is -0.266. The maximum atomic E-state index is 12.3. The molecule has 21 heavy (non-hydrogen) atoms. The summed E-state index contributed by atoms with van der Waals surface area (Å²) in [5.74, 6) is 2.10. The van der Waals surface area contributed by atoms with E-state index in [-0.39, 0.29) is 18.1 Å². The van der Waals surface area contributed by atoms with Crippen LogP contribution in [0.3, 0.4) is 0 Å². The number of hydrogen-bond donors (Lipinski definition) is 5. The highest BCUT2D eigenvalue weighted by molar-refractivity contribution is 8.04. The molecular weight excluding hydrogens is 288 g/mol. The molecular formula is C13H18N6OS. The van der Waals surface area contributed by atoms with Crippen molar-refractivity contribution in [2.45, 2.75) is 19.1 Å². The predicted molar refractivity (Wildman–Crippen MR) is 85.1 cm³/mol. The molecule has 0 spiro atoms. The SMILES string of the molecule is C[C@@H](N)[C@@H]1N=C(NC(=O)C2=CNCCS2)c2cc[nH]c2N1. The normalized spacial score (nSPS) is 22.1. The molecule has 0 fully saturated rings. The molecule has 2 aliphatic heterocycles. The van der Waals surface area contributed by atoms with E-state index in [1.54, 1.807) is 12.4 Å². The lowest BCUT2D eigenvalue weighted by atomic mass is 10.2. The third-order valence-electron chi connectivity index (χ3n) is 3.25. The Morgan fingerprint density at radius 1 is 1.62 bits per heavy atom. The van der Waals surface area contributed by atoms with Crippen molar-refractivity contribution in [3.05, 3.63) is 28.9 Å². The van der Waals surface area contributed by atoms with Gasteiger partial charge in [0.2, 0.25) is 0 Å². The third-order valence-corrected chi connectivity index (χ3v) is 4.28. The van der Waals surface area contributed by atoms with Gasteiger partial charge < -0.3 is 26.7 Å². The molecule has 7 nitrogen and oxygen atoms in total. The van der Waals surface area contributed by atoms with Crippen LogP contribution in [-0.2, 0) is 4.79 Å². The van der Waals surface area contributed by atoms with Crippen molar-refractivity contribution in [2.24, 2.45) is 10.7 Å². The summed E-state index contributed by atoms with van der Waals surface area (Å²) in [6, 6.07) is 1.71. The zero-order valence-electron chi connectivity index (χ0n) is 11.6. The second-order valence-corrected chi connectivity index (χ2v) is 6.09. The standard InChI is InChI=1S/C13H18N6OS/c1-7(14)10-17-11-8(2-3-16-11)12(18-10)19-13(20)9-6-15-4-5-21-9/h2-3,6-7,10,15-17H,4-5,14H2,1H3,(H,18,19,20)/t7-,10+/m1/s1. The number of thioether (sulfide) groups is 1. The first-order valence-electron chi connectivity index (χ1n) is 6.80. The number of hydrogen-bond acceptors (Lipinski definition) is 6. The molecule has 1 aromatic heterocycles. The van der Waals surface area contributed by atoms with Crippen molar-refractivity contribution in [3.63, 3.8) is 0 Å². The number of aromatic nitrogens is 1. The first-order valence-corrected chi connectivity index (χ1v) is 7.79. The van der Waals surface area contributed by atoms with Gasteiger partial charge in [0.05, 0.1) is 10.5 Å². The number of fused-ring (bicyclic) bond motifs is 1. The van der Waals surface area contributed by atoms with E-state index in [1.807, 2.05) is 13.0 Å². The van der Waals surface area contributed by atoms with Crippen LogP contribution in [0.25, 0.3) is 0 Å². The van der Waals surface area contributed by atoms with Crippen molar-refractivity contribution in [2.75, 3.05) is 17.6 Å². The smallest absolute Gasteiger partial charge is 0.264 e. The summed E-state index contributed by atoms with van der Waals surface area (Å²) in [7, 11) is 0. The maximum Gasteiger partial charge on any atom is 0.264 e. The van der Waals surface area contributed by atoms with E-state index in [4.69, 9.17) is 5.73 Å². The summed E-state index contributed by atoms with van der Waals surface area (Å²) in [6.07, 6.45) is 3.28. The number of anilines is 1. The molecule has 0 unspecified atom stereocenters. The van der Waals surface area contributed by atoms with Gasteiger partial charge in [-0.3, -0.25) is 4.79 Å². The summed E-state index contributed by atoms with van der Waals surface area (Å²) in [6.45, 7) is 2.75. The van der Waals surface area contributed by atoms with Gasteiger partial charge >= 0.3 is 0 Å². The van der Waals surface area contributed by atoms with Gasteiger partial charge in [-0.2, -0.15) is 0 Å². The highest BCUT2D eigenvalue weighted by Gasteiger charge is 2.25. The monoisotopic (exact) mass is 306 g/mol. The van der Waals surface area contributed by atoms with Gasteiger partial charge in [0.15, 0.2) is 0 Å². The first-order chi connectivity index (χ1) is 10.1. The fraction of sp³-hybridized carbons (Fsp3) is 0.385. The second kappa shape index (κ2) is 5.82. The number of nitrogens with one attached hydrogen (secondary N) is 4. The van der Waals surface area contributed by atoms with E-state index in [1.165, 1.54) is 11.8 Å². The van der Waals surface area contributed by atoms with Crippen molar-refractivity contribution >= 4 is 29.3 Å². The number of amidine groups is 1. The van der Waals surface area contributed by atoms with Crippen LogP contribution in [0.4, 0.5) is 5.82 Å². The summed E-state index contributed by atoms with van der Waals surface area (Å²) < 4.78 is 0. The maximum absolute atomic E-state index is 12.3. The molecule has 1 aromatic rings. The van der Waals surface area contributed by atoms with E-state index >= 15 is 0 Å². The van der Waals surface area contributed by atoms with E-state index in [9.17, 15) is 4.79 Å². The number of rotatable bonds is 2. The lowest BCUT2D eigenvalue weighted by Gasteiger charge is -2.26. The van der Waals surface area contributed by atoms with Crippen molar-refractivity contribution in [1.29, 1.82) is 0 Å². The zero-order valence-corrected chi connectivity index (χ0v) is 12.5. The minimum Gasteiger partial charge on any atom is -0.389 e. The van der Waals surface area contributed by atoms with E-state index in [0.29, 0.717) is 10.7 Å². The Labute approximate surface area is 126 Å². The Morgan fingerprint density at radius 2 is 2.48 bits per heavy atom. The first kappa shape index (κ1) is 14.0. The lowest BCUT2D eigenvalue weighted by Crippen LogP contribution is -2.44. The van der Waals surface area contributed by atoms with Gasteiger partial charge in [0.1, 0.15) is 17.8 Å². The number of aliphatic imine (C=N–C) groups is 1. The molecule has 0 saturated carbocycles. The highest BCUT2D eigenvalue weighted by Crippen LogP contribution is 2.22. The van der Waals surface area contributed by atoms with Gasteiger partial charge in [-0.15, -0.1) is 11.8 Å². The highest BCUT2D eigenvalue weighted by atomic mass is 32.2. The number of H-pyrrole nitrogens is 1. The Hall–Kier alpha value is -1.93. The van der Waals surface area contributed by atoms with Crippen LogP contribution < -0.4 is 21.7 Å². The number of amides is 1. The van der Waals surface area contributed by atoms with E-state index in [2.05, 4.69) is 25.9 Å². The Bertz CT molecular complexity index is 606. The molecule has 8 heteroatoms. The second-order valence-electron chi connectivity index (χ2n) is 4.96. The number of nitrogens with two attached hydrogens (primary N) is 1. The molecule has 112 valence electrons. The molecule has 0 radical (unpaired) electrons. The van der Waals surface area contributed by atoms with Crippen LogP contribution in [0.15, 0.2) is 28.4 Å². The molecule has 3 heterocycles. The summed E-state index contributed by atoms with van der Waals surface area (Å²) in [5, 5.41) is 9.16. The third kappa shape index (κ3) is 2.91. The predicted octanol–water partition coefficient (Wildman–Crippen LogP) is 0.154. The molecule has 0 saturated heterocycles. The number of nitrogens with zero attached hydrogens (tertiary/aromatic N) is 1. The fourth-order valence-corrected chi connectivity index (χ4v) is 2.94. The van der Waals surface area contributed by atoms with Crippen LogP contribution in [-0.4, -0.2) is 41.2 Å². The van der Waals surface area contributed by atoms with Crippen LogP contribution in [0.1, 0.15) is 12.5 Å². The fourth-order valence-electron chi connectivity index (χ4n) is 2.15. The Kier molecular flexibility index (Phi) is 3.89. The number of aromatic amines is 1. The van der Waals surface area contributed by atoms with Gasteiger partial charge in [-0.25, -0.2) is 4.99 Å². The molecule has 6 N–H and O–H groups in total. The van der Waals surface area contributed by atoms with Crippen LogP contribution in [0, 0.1) is 0 Å². The molecule has 0 bridgehead atoms. The number of carbonyl (C=O) groups excluding carboxylic acids is 1. The Balaban J connectivity index is 1.82. The van der Waals surface area contributed by atoms with Crippen molar-refractivity contribution in [3.8, 4) is 0 Å². The molecule has 0 aliphatic carbocycles. The Morgan fingerprint density at radius 3 is 3.19 bits per heavy atom. The molecule has 2 atom stereocenters. The van der Waals surface area contributed by atoms with Gasteiger partial charge in [0.25, 0.3) is 5.91 Å². The average Bonchev–Trinajstić information content (AvgIpc) is 2.96. The largest absolute Gasteiger partial charge is 0.389 e. The zero-order chi connectivity index (χ0) is 14.8. The average molecular weight is 306 g/mol. The quantitative estimate of drug-likeness (QED) is 0.535. The van der Waals surface area contributed by atoms with E-state index < -0.39 is 0 Å². The van der Waals surface area contributed by atoms with Crippen molar-refractivity contribution in [1.82, 2.24) is 15.6 Å². The summed E-state index contributed by atoms with van der Waals surface area (Å²) >= 11 is 1.53. The van der Waals surface area contributed by atoms with Gasteiger partial charge in [0, 0.05) is 30.7 Å². The molecule has 1 amide bonds. The summed E-state index contributed by atoms with van der Waals surface area (Å²) in [5.41, 5.74) is 6.75. The molecule has 0 aromatic carbocycles. The van der Waals surface area contributed by atoms with Crippen molar-refractivity contribution < 1.29 is 4.79 Å². The lowest BCUT2D eigenvalue weighted by molar-refractivity contribution is -0.115.